The van der Waals surface area contributed by atoms with Gasteiger partial charge >= 0.3 is 0 Å². The number of aliphatic hydroxyl groups excluding tert-OH is 1. The molecule has 3 atom stereocenters. The first-order valence-electron chi connectivity index (χ1n) is 7.19. The van der Waals surface area contributed by atoms with E-state index in [-0.39, 0.29) is 18.2 Å². The fourth-order valence-corrected chi connectivity index (χ4v) is 2.80. The Balaban J connectivity index is 2.01. The Morgan fingerprint density at radius 3 is 2.22 bits per heavy atom. The number of aliphatic hydroxyl groups is 1. The summed E-state index contributed by atoms with van der Waals surface area (Å²) in [7, 11) is -1.04. The van der Waals surface area contributed by atoms with Crippen molar-refractivity contribution in [2.75, 3.05) is 12.8 Å². The fourth-order valence-electron chi connectivity index (χ4n) is 2.29. The second-order valence-corrected chi connectivity index (χ2v) is 6.68. The van der Waals surface area contributed by atoms with Gasteiger partial charge in [-0.1, -0.05) is 18.2 Å². The highest BCUT2D eigenvalue weighted by Gasteiger charge is 2.18. The number of rotatable bonds is 6. The first-order valence-corrected chi connectivity index (χ1v) is 8.74. The predicted molar refractivity (Wildman–Crippen MR) is 86.5 cm³/mol. The van der Waals surface area contributed by atoms with Crippen molar-refractivity contribution in [3.8, 4) is 0 Å². The van der Waals surface area contributed by atoms with Crippen molar-refractivity contribution < 1.29 is 18.1 Å². The van der Waals surface area contributed by atoms with Crippen LogP contribution >= 0.6 is 0 Å². The van der Waals surface area contributed by atoms with E-state index in [0.29, 0.717) is 0 Å². The molecule has 0 unspecified atom stereocenters. The molecule has 3 nitrogen and oxygen atoms in total. The largest absolute Gasteiger partial charge is 0.387 e. The van der Waals surface area contributed by atoms with Crippen molar-refractivity contribution in [2.45, 2.75) is 24.0 Å². The molecule has 2 rings (SSSR count). The van der Waals surface area contributed by atoms with Crippen molar-refractivity contribution in [1.29, 1.82) is 0 Å². The second kappa shape index (κ2) is 7.77. The number of halogens is 2. The quantitative estimate of drug-likeness (QED) is 0.850. The molecule has 6 heteroatoms. The third-order valence-corrected chi connectivity index (χ3v) is 4.60. The summed E-state index contributed by atoms with van der Waals surface area (Å²) in [5.74, 6) is -1.52. The van der Waals surface area contributed by atoms with Gasteiger partial charge in [0, 0.05) is 34.5 Å². The summed E-state index contributed by atoms with van der Waals surface area (Å²) >= 11 is 0. The summed E-state index contributed by atoms with van der Waals surface area (Å²) in [6.07, 6.45) is 0.330. The zero-order valence-electron chi connectivity index (χ0n) is 12.9. The summed E-state index contributed by atoms with van der Waals surface area (Å²) < 4.78 is 38.6. The third kappa shape index (κ3) is 4.43. The Morgan fingerprint density at radius 1 is 1.13 bits per heavy atom. The molecule has 0 fully saturated rings. The molecule has 0 spiro atoms. The average Bonchev–Trinajstić information content (AvgIpc) is 2.52. The maximum absolute atomic E-state index is 13.6. The van der Waals surface area contributed by atoms with Crippen LogP contribution in [0.5, 0.6) is 0 Å². The van der Waals surface area contributed by atoms with E-state index in [1.54, 1.807) is 18.4 Å². The topological polar surface area (TPSA) is 49.3 Å². The van der Waals surface area contributed by atoms with Gasteiger partial charge < -0.3 is 10.4 Å². The van der Waals surface area contributed by atoms with Crippen LogP contribution in [-0.2, 0) is 10.8 Å². The van der Waals surface area contributed by atoms with E-state index < -0.39 is 28.5 Å². The first kappa shape index (κ1) is 17.7. The highest BCUT2D eigenvalue weighted by molar-refractivity contribution is 7.84. The highest BCUT2D eigenvalue weighted by Crippen LogP contribution is 2.21. The summed E-state index contributed by atoms with van der Waals surface area (Å²) in [4.78, 5) is 0.731. The first-order chi connectivity index (χ1) is 10.9. The number of benzene rings is 2. The Hall–Kier alpha value is -1.63. The van der Waals surface area contributed by atoms with Crippen LogP contribution in [0.4, 0.5) is 8.78 Å². The lowest BCUT2D eigenvalue weighted by Crippen LogP contribution is -2.25. The molecule has 0 aromatic heterocycles. The van der Waals surface area contributed by atoms with Gasteiger partial charge in [0.15, 0.2) is 0 Å². The zero-order chi connectivity index (χ0) is 17.0. The molecule has 0 saturated heterocycles. The van der Waals surface area contributed by atoms with Gasteiger partial charge in [-0.2, -0.15) is 0 Å². The molecule has 0 heterocycles. The van der Waals surface area contributed by atoms with Gasteiger partial charge in [0.1, 0.15) is 11.6 Å². The molecule has 0 amide bonds. The average molecular weight is 339 g/mol. The monoisotopic (exact) mass is 339 g/mol. The van der Waals surface area contributed by atoms with Gasteiger partial charge in [-0.15, -0.1) is 0 Å². The second-order valence-electron chi connectivity index (χ2n) is 5.30. The molecule has 2 N–H and O–H groups in total. The van der Waals surface area contributed by atoms with Crippen LogP contribution in [0.25, 0.3) is 0 Å². The smallest absolute Gasteiger partial charge is 0.131 e. The summed E-state index contributed by atoms with van der Waals surface area (Å²) in [6.45, 7) is 1.89. The van der Waals surface area contributed by atoms with Crippen LogP contribution in [0.2, 0.25) is 0 Å². The Morgan fingerprint density at radius 2 is 1.70 bits per heavy atom. The van der Waals surface area contributed by atoms with E-state index in [1.165, 1.54) is 6.07 Å². The van der Waals surface area contributed by atoms with E-state index in [2.05, 4.69) is 5.32 Å². The molecule has 0 bridgehead atoms. The van der Waals surface area contributed by atoms with Crippen LogP contribution < -0.4 is 5.32 Å². The molecule has 0 aliphatic carbocycles. The van der Waals surface area contributed by atoms with Crippen LogP contribution in [-0.4, -0.2) is 22.1 Å². The maximum atomic E-state index is 13.6. The summed E-state index contributed by atoms with van der Waals surface area (Å²) in [5, 5.41) is 13.1. The number of hydrogen-bond donors (Lipinski definition) is 2. The maximum Gasteiger partial charge on any atom is 0.131 e. The normalized spacial score (nSPS) is 15.2. The SMILES string of the molecule is C[C@H](NC[C@H](O)c1c(F)cccc1F)c1ccc([S@](C)=O)cc1. The molecular formula is C17H19F2NO2S. The van der Waals surface area contributed by atoms with E-state index >= 15 is 0 Å². The molecule has 23 heavy (non-hydrogen) atoms. The van der Waals surface area contributed by atoms with Crippen molar-refractivity contribution in [3.63, 3.8) is 0 Å². The van der Waals surface area contributed by atoms with E-state index in [0.717, 1.165) is 22.6 Å². The van der Waals surface area contributed by atoms with Crippen molar-refractivity contribution in [2.24, 2.45) is 0 Å². The molecule has 124 valence electrons. The van der Waals surface area contributed by atoms with Gasteiger partial charge in [0.25, 0.3) is 0 Å². The fraction of sp³-hybridized carbons (Fsp3) is 0.294. The Kier molecular flexibility index (Phi) is 5.98. The number of hydrogen-bond acceptors (Lipinski definition) is 3. The van der Waals surface area contributed by atoms with Gasteiger partial charge in [0.05, 0.1) is 11.7 Å². The van der Waals surface area contributed by atoms with E-state index in [1.807, 2.05) is 19.1 Å². The summed E-state index contributed by atoms with van der Waals surface area (Å²) in [5.41, 5.74) is 0.601. The molecular weight excluding hydrogens is 320 g/mol. The van der Waals surface area contributed by atoms with Crippen LogP contribution in [0.1, 0.15) is 30.2 Å². The van der Waals surface area contributed by atoms with Gasteiger partial charge in [0.2, 0.25) is 0 Å². The van der Waals surface area contributed by atoms with Crippen LogP contribution in [0.3, 0.4) is 0 Å². The Bertz CT molecular complexity index is 671. The third-order valence-electron chi connectivity index (χ3n) is 3.66. The van der Waals surface area contributed by atoms with E-state index in [4.69, 9.17) is 0 Å². The zero-order valence-corrected chi connectivity index (χ0v) is 13.7. The highest BCUT2D eigenvalue weighted by atomic mass is 32.2. The van der Waals surface area contributed by atoms with Gasteiger partial charge in [-0.05, 0) is 36.8 Å². The number of nitrogens with one attached hydrogen (secondary N) is 1. The molecule has 2 aromatic rings. The molecule has 0 saturated carbocycles. The molecule has 0 aliphatic rings. The molecule has 2 aromatic carbocycles. The summed E-state index contributed by atoms with van der Waals surface area (Å²) in [6, 6.07) is 10.6. The standard InChI is InChI=1S/C17H19F2NO2S/c1-11(12-6-8-13(9-7-12)23(2)22)20-10-16(21)17-14(18)4-3-5-15(17)19/h3-9,11,16,20-21H,10H2,1-2H3/t11-,16-,23-/m0/s1. The van der Waals surface area contributed by atoms with Crippen molar-refractivity contribution >= 4 is 10.8 Å². The lowest BCUT2D eigenvalue weighted by molar-refractivity contribution is 0.161. The van der Waals surface area contributed by atoms with Crippen molar-refractivity contribution in [1.82, 2.24) is 5.32 Å². The van der Waals surface area contributed by atoms with Crippen molar-refractivity contribution in [3.05, 3.63) is 65.2 Å². The minimum Gasteiger partial charge on any atom is -0.387 e. The molecule has 0 radical (unpaired) electrons. The van der Waals surface area contributed by atoms with Crippen LogP contribution in [0, 0.1) is 11.6 Å². The van der Waals surface area contributed by atoms with Crippen LogP contribution in [0.15, 0.2) is 47.4 Å². The minimum absolute atomic E-state index is 0.0144. The lowest BCUT2D eigenvalue weighted by atomic mass is 10.1. The van der Waals surface area contributed by atoms with E-state index in [9.17, 15) is 18.1 Å². The van der Waals surface area contributed by atoms with Gasteiger partial charge in [-0.25, -0.2) is 8.78 Å². The van der Waals surface area contributed by atoms with Gasteiger partial charge in [-0.3, -0.25) is 4.21 Å². The minimum atomic E-state index is -1.28. The molecule has 0 aliphatic heterocycles. The predicted octanol–water partition coefficient (Wildman–Crippen LogP) is 3.09. The Labute approximate surface area is 136 Å². The lowest BCUT2D eigenvalue weighted by Gasteiger charge is -2.18.